The van der Waals surface area contributed by atoms with Crippen molar-refractivity contribution in [3.05, 3.63) is 24.0 Å². The highest BCUT2D eigenvalue weighted by atomic mass is 16.4. The third kappa shape index (κ3) is 2.70. The fraction of sp³-hybridized carbons (Fsp3) is 0.533. The summed E-state index contributed by atoms with van der Waals surface area (Å²) in [5.41, 5.74) is 0.415. The van der Waals surface area contributed by atoms with Gasteiger partial charge < -0.3 is 15.7 Å². The van der Waals surface area contributed by atoms with E-state index in [1.807, 2.05) is 0 Å². The lowest BCUT2D eigenvalue weighted by Crippen LogP contribution is -2.32. The van der Waals surface area contributed by atoms with E-state index in [1.54, 1.807) is 6.07 Å². The Labute approximate surface area is 124 Å². The Morgan fingerprint density at radius 3 is 2.43 bits per heavy atom. The topological polar surface area (TPSA) is 91.3 Å². The fourth-order valence-electron chi connectivity index (χ4n) is 2.88. The number of aromatic nitrogens is 1. The molecule has 0 saturated heterocycles. The van der Waals surface area contributed by atoms with Gasteiger partial charge in [-0.25, -0.2) is 14.6 Å². The number of anilines is 1. The number of pyridine rings is 1. The average molecular weight is 291 g/mol. The molecule has 6 nitrogen and oxygen atoms in total. The Morgan fingerprint density at radius 2 is 1.90 bits per heavy atom. The quantitative estimate of drug-likeness (QED) is 0.795. The fourth-order valence-corrected chi connectivity index (χ4v) is 2.88. The highest BCUT2D eigenvalue weighted by Gasteiger charge is 2.64. The zero-order valence-corrected chi connectivity index (χ0v) is 12.7. The Balaban J connectivity index is 1.94. The molecule has 0 aliphatic heterocycles. The van der Waals surface area contributed by atoms with Crippen molar-refractivity contribution in [3.8, 4) is 0 Å². The highest BCUT2D eigenvalue weighted by Crippen LogP contribution is 2.67. The molecule has 114 valence electrons. The second-order valence-electron chi connectivity index (χ2n) is 6.54. The van der Waals surface area contributed by atoms with E-state index in [-0.39, 0.29) is 22.2 Å². The number of hydrogen-bond acceptors (Lipinski definition) is 3. The van der Waals surface area contributed by atoms with Gasteiger partial charge in [0.15, 0.2) is 5.69 Å². The summed E-state index contributed by atoms with van der Waals surface area (Å²) in [4.78, 5) is 26.7. The predicted molar refractivity (Wildman–Crippen MR) is 79.3 cm³/mol. The molecule has 3 N–H and O–H groups in total. The Morgan fingerprint density at radius 1 is 1.29 bits per heavy atom. The van der Waals surface area contributed by atoms with Gasteiger partial charge in [0, 0.05) is 12.7 Å². The lowest BCUT2D eigenvalue weighted by molar-refractivity contribution is 0.0691. The van der Waals surface area contributed by atoms with E-state index >= 15 is 0 Å². The molecule has 6 heteroatoms. The summed E-state index contributed by atoms with van der Waals surface area (Å²) in [5, 5.41) is 14.3. The number of carboxylic acid groups (broad SMARTS) is 1. The number of nitrogens with zero attached hydrogens (tertiary/aromatic N) is 1. The van der Waals surface area contributed by atoms with Gasteiger partial charge in [-0.3, -0.25) is 0 Å². The minimum atomic E-state index is -1.17. The Kier molecular flexibility index (Phi) is 3.65. The van der Waals surface area contributed by atoms with Crippen molar-refractivity contribution in [1.29, 1.82) is 0 Å². The maximum atomic E-state index is 11.9. The molecular weight excluding hydrogens is 270 g/mol. The monoisotopic (exact) mass is 291 g/mol. The molecule has 0 unspecified atom stereocenters. The second kappa shape index (κ2) is 5.02. The summed E-state index contributed by atoms with van der Waals surface area (Å²) in [7, 11) is 0. The van der Waals surface area contributed by atoms with Crippen molar-refractivity contribution in [2.75, 3.05) is 11.9 Å². The summed E-state index contributed by atoms with van der Waals surface area (Å²) in [5.74, 6) is -0.765. The Bertz CT molecular complexity index is 567. The van der Waals surface area contributed by atoms with E-state index in [9.17, 15) is 9.59 Å². The number of urea groups is 1. The van der Waals surface area contributed by atoms with Crippen molar-refractivity contribution in [2.45, 2.75) is 27.7 Å². The molecule has 1 fully saturated rings. The van der Waals surface area contributed by atoms with Crippen LogP contribution in [0, 0.1) is 16.7 Å². The van der Waals surface area contributed by atoms with Gasteiger partial charge in [0.2, 0.25) is 0 Å². The average Bonchev–Trinajstić information content (AvgIpc) is 2.77. The highest BCUT2D eigenvalue weighted by molar-refractivity contribution is 5.98. The van der Waals surface area contributed by atoms with Crippen LogP contribution >= 0.6 is 0 Å². The van der Waals surface area contributed by atoms with Gasteiger partial charge in [0.25, 0.3) is 0 Å². The third-order valence-corrected chi connectivity index (χ3v) is 5.04. The van der Waals surface area contributed by atoms with E-state index in [2.05, 4.69) is 43.3 Å². The number of rotatable bonds is 4. The van der Waals surface area contributed by atoms with Crippen LogP contribution in [0.2, 0.25) is 0 Å². The Hall–Kier alpha value is -2.11. The maximum Gasteiger partial charge on any atom is 0.356 e. The number of hydrogen-bond donors (Lipinski definition) is 3. The molecule has 1 saturated carbocycles. The van der Waals surface area contributed by atoms with Crippen LogP contribution in [0.4, 0.5) is 10.5 Å². The first-order valence-electron chi connectivity index (χ1n) is 6.91. The number of carboxylic acids is 1. The first-order valence-corrected chi connectivity index (χ1v) is 6.91. The zero-order chi connectivity index (χ0) is 15.8. The van der Waals surface area contributed by atoms with Crippen LogP contribution in [-0.4, -0.2) is 28.6 Å². The first-order chi connectivity index (χ1) is 9.68. The van der Waals surface area contributed by atoms with Gasteiger partial charge in [-0.1, -0.05) is 27.7 Å². The van der Waals surface area contributed by atoms with E-state index in [1.165, 1.54) is 12.3 Å². The summed E-state index contributed by atoms with van der Waals surface area (Å²) >= 11 is 0. The van der Waals surface area contributed by atoms with Crippen molar-refractivity contribution >= 4 is 17.7 Å². The van der Waals surface area contributed by atoms with Crippen LogP contribution in [0.1, 0.15) is 38.2 Å². The first kappa shape index (κ1) is 15.3. The van der Waals surface area contributed by atoms with E-state index in [0.717, 1.165) is 0 Å². The minimum absolute atomic E-state index is 0.167. The van der Waals surface area contributed by atoms with Crippen molar-refractivity contribution in [2.24, 2.45) is 16.7 Å². The van der Waals surface area contributed by atoms with Crippen molar-refractivity contribution in [1.82, 2.24) is 10.3 Å². The number of carbonyl (C=O) groups is 2. The standard InChI is InChI=1S/C15H21N3O3/c1-14(2)10(15(14,3)4)8-17-13(21)18-9-6-5-7-16-11(9)12(19)20/h5-7,10H,8H2,1-4H3,(H,19,20)(H2,17,18,21). The van der Waals surface area contributed by atoms with Crippen LogP contribution in [-0.2, 0) is 0 Å². The van der Waals surface area contributed by atoms with E-state index in [0.29, 0.717) is 12.5 Å². The molecule has 0 atom stereocenters. The van der Waals surface area contributed by atoms with Gasteiger partial charge in [-0.15, -0.1) is 0 Å². The molecule has 0 aromatic carbocycles. The molecule has 21 heavy (non-hydrogen) atoms. The molecule has 1 aromatic rings. The predicted octanol–water partition coefficient (Wildman–Crippen LogP) is 2.58. The van der Waals surface area contributed by atoms with Crippen LogP contribution in [0.15, 0.2) is 18.3 Å². The molecule has 1 heterocycles. The second-order valence-corrected chi connectivity index (χ2v) is 6.54. The summed E-state index contributed by atoms with van der Waals surface area (Å²) in [6.45, 7) is 9.29. The smallest absolute Gasteiger partial charge is 0.356 e. The molecule has 2 rings (SSSR count). The number of aromatic carboxylic acids is 1. The van der Waals surface area contributed by atoms with E-state index < -0.39 is 12.0 Å². The van der Waals surface area contributed by atoms with Gasteiger partial charge >= 0.3 is 12.0 Å². The lowest BCUT2D eigenvalue weighted by Gasteiger charge is -2.09. The molecular formula is C15H21N3O3. The van der Waals surface area contributed by atoms with E-state index in [4.69, 9.17) is 5.11 Å². The minimum Gasteiger partial charge on any atom is -0.476 e. The summed E-state index contributed by atoms with van der Waals surface area (Å²) in [6.07, 6.45) is 1.38. The van der Waals surface area contributed by atoms with Gasteiger partial charge in [-0.05, 0) is 28.9 Å². The SMILES string of the molecule is CC1(C)C(CNC(=O)Nc2cccnc2C(=O)O)C1(C)C. The van der Waals surface area contributed by atoms with Crippen LogP contribution in [0.25, 0.3) is 0 Å². The summed E-state index contributed by atoms with van der Waals surface area (Å²) in [6, 6.07) is 2.68. The molecule has 1 aliphatic carbocycles. The number of amides is 2. The summed E-state index contributed by atoms with van der Waals surface area (Å²) < 4.78 is 0. The number of carbonyl (C=O) groups excluding carboxylic acids is 1. The molecule has 0 radical (unpaired) electrons. The largest absolute Gasteiger partial charge is 0.476 e. The number of nitrogens with one attached hydrogen (secondary N) is 2. The van der Waals surface area contributed by atoms with Gasteiger partial charge in [0.05, 0.1) is 5.69 Å². The zero-order valence-electron chi connectivity index (χ0n) is 12.7. The molecule has 1 aromatic heterocycles. The molecule has 2 amide bonds. The maximum absolute atomic E-state index is 11.9. The third-order valence-electron chi connectivity index (χ3n) is 5.04. The lowest BCUT2D eigenvalue weighted by atomic mass is 10.0. The van der Waals surface area contributed by atoms with Crippen LogP contribution < -0.4 is 10.6 Å². The molecule has 0 bridgehead atoms. The van der Waals surface area contributed by atoms with Crippen molar-refractivity contribution in [3.63, 3.8) is 0 Å². The van der Waals surface area contributed by atoms with Crippen molar-refractivity contribution < 1.29 is 14.7 Å². The molecule has 0 spiro atoms. The molecule has 1 aliphatic rings. The van der Waals surface area contributed by atoms with Crippen LogP contribution in [0.3, 0.4) is 0 Å². The normalized spacial score (nSPS) is 18.9. The van der Waals surface area contributed by atoms with Gasteiger partial charge in [-0.2, -0.15) is 0 Å². The van der Waals surface area contributed by atoms with Gasteiger partial charge in [0.1, 0.15) is 0 Å². The van der Waals surface area contributed by atoms with Crippen LogP contribution in [0.5, 0.6) is 0 Å².